The summed E-state index contributed by atoms with van der Waals surface area (Å²) >= 11 is 0. The molecule has 1 heteroatoms. The SMILES string of the molecule is C1=CCC=C1.C1=CCC=C1.C=CCc1ccccc1O. The van der Waals surface area contributed by atoms with Gasteiger partial charge in [-0.15, -0.1) is 6.58 Å². The summed E-state index contributed by atoms with van der Waals surface area (Å²) in [4.78, 5) is 0. The molecule has 0 unspecified atom stereocenters. The van der Waals surface area contributed by atoms with Crippen molar-refractivity contribution in [2.45, 2.75) is 19.3 Å². The maximum atomic E-state index is 9.19. The molecule has 2 aliphatic carbocycles. The quantitative estimate of drug-likeness (QED) is 0.736. The molecule has 0 radical (unpaired) electrons. The van der Waals surface area contributed by atoms with Crippen LogP contribution in [0.5, 0.6) is 5.75 Å². The summed E-state index contributed by atoms with van der Waals surface area (Å²) < 4.78 is 0. The van der Waals surface area contributed by atoms with E-state index in [1.165, 1.54) is 0 Å². The molecule has 0 bridgehead atoms. The molecular weight excluding hydrogens is 244 g/mol. The number of phenols is 1. The maximum Gasteiger partial charge on any atom is 0.119 e. The lowest BCUT2D eigenvalue weighted by Gasteiger charge is -1.97. The van der Waals surface area contributed by atoms with Gasteiger partial charge in [-0.3, -0.25) is 0 Å². The molecule has 0 saturated heterocycles. The lowest BCUT2D eigenvalue weighted by Crippen LogP contribution is -1.79. The number of phenolic OH excluding ortho intramolecular Hbond substituents is 1. The Morgan fingerprint density at radius 1 is 0.900 bits per heavy atom. The van der Waals surface area contributed by atoms with Gasteiger partial charge in [0.25, 0.3) is 0 Å². The molecule has 1 nitrogen and oxygen atoms in total. The number of rotatable bonds is 2. The van der Waals surface area contributed by atoms with E-state index >= 15 is 0 Å². The zero-order valence-corrected chi connectivity index (χ0v) is 11.8. The summed E-state index contributed by atoms with van der Waals surface area (Å²) in [5.41, 5.74) is 0.928. The van der Waals surface area contributed by atoms with Gasteiger partial charge in [-0.2, -0.15) is 0 Å². The Morgan fingerprint density at radius 3 is 1.75 bits per heavy atom. The second-order valence-electron chi connectivity index (χ2n) is 4.31. The highest BCUT2D eigenvalue weighted by atomic mass is 16.3. The molecule has 0 atom stereocenters. The minimum atomic E-state index is 0.349. The van der Waals surface area contributed by atoms with Gasteiger partial charge in [-0.25, -0.2) is 0 Å². The molecule has 0 amide bonds. The van der Waals surface area contributed by atoms with E-state index in [1.54, 1.807) is 12.1 Å². The van der Waals surface area contributed by atoms with Crippen LogP contribution in [0.2, 0.25) is 0 Å². The van der Waals surface area contributed by atoms with Crippen molar-refractivity contribution < 1.29 is 5.11 Å². The first-order valence-electron chi connectivity index (χ1n) is 6.85. The topological polar surface area (TPSA) is 20.2 Å². The summed E-state index contributed by atoms with van der Waals surface area (Å²) in [6, 6.07) is 7.27. The normalized spacial score (nSPS) is 13.4. The van der Waals surface area contributed by atoms with Crippen molar-refractivity contribution >= 4 is 0 Å². The summed E-state index contributed by atoms with van der Waals surface area (Å²) in [6.07, 6.45) is 21.5. The largest absolute Gasteiger partial charge is 0.508 e. The van der Waals surface area contributed by atoms with Crippen molar-refractivity contribution in [3.63, 3.8) is 0 Å². The summed E-state index contributed by atoms with van der Waals surface area (Å²) in [5.74, 6) is 0.349. The van der Waals surface area contributed by atoms with Crippen LogP contribution in [-0.2, 0) is 6.42 Å². The smallest absolute Gasteiger partial charge is 0.119 e. The highest BCUT2D eigenvalue weighted by molar-refractivity contribution is 5.32. The van der Waals surface area contributed by atoms with Gasteiger partial charge < -0.3 is 5.11 Å². The van der Waals surface area contributed by atoms with Crippen LogP contribution in [0.1, 0.15) is 18.4 Å². The van der Waals surface area contributed by atoms with Gasteiger partial charge in [0.15, 0.2) is 0 Å². The Hall–Kier alpha value is -2.28. The number of hydrogen-bond donors (Lipinski definition) is 1. The Balaban J connectivity index is 0.000000167. The molecular formula is C19H22O. The van der Waals surface area contributed by atoms with Crippen LogP contribution in [0, 0.1) is 0 Å². The fourth-order valence-electron chi connectivity index (χ4n) is 1.62. The van der Waals surface area contributed by atoms with E-state index < -0.39 is 0 Å². The third kappa shape index (κ3) is 7.22. The van der Waals surface area contributed by atoms with E-state index in [-0.39, 0.29) is 0 Å². The number of benzene rings is 1. The summed E-state index contributed by atoms with van der Waals surface area (Å²) in [7, 11) is 0. The predicted molar refractivity (Wildman–Crippen MR) is 87.8 cm³/mol. The van der Waals surface area contributed by atoms with Crippen molar-refractivity contribution in [2.75, 3.05) is 0 Å². The molecule has 0 heterocycles. The third-order valence-corrected chi connectivity index (χ3v) is 2.67. The number of allylic oxidation sites excluding steroid dienone is 9. The van der Waals surface area contributed by atoms with Gasteiger partial charge >= 0.3 is 0 Å². The first-order valence-corrected chi connectivity index (χ1v) is 6.85. The monoisotopic (exact) mass is 266 g/mol. The molecule has 1 aromatic rings. The lowest BCUT2D eigenvalue weighted by atomic mass is 10.1. The Labute approximate surface area is 122 Å². The third-order valence-electron chi connectivity index (χ3n) is 2.67. The molecule has 2 aliphatic rings. The van der Waals surface area contributed by atoms with Crippen molar-refractivity contribution in [3.8, 4) is 5.75 Å². The molecule has 0 saturated carbocycles. The fourth-order valence-corrected chi connectivity index (χ4v) is 1.62. The van der Waals surface area contributed by atoms with Gasteiger partial charge in [-0.1, -0.05) is 72.9 Å². The summed E-state index contributed by atoms with van der Waals surface area (Å²) in [6.45, 7) is 3.59. The van der Waals surface area contributed by atoms with E-state index in [4.69, 9.17) is 0 Å². The van der Waals surface area contributed by atoms with Crippen LogP contribution in [0.25, 0.3) is 0 Å². The van der Waals surface area contributed by atoms with E-state index in [9.17, 15) is 5.11 Å². The van der Waals surface area contributed by atoms with Crippen LogP contribution >= 0.6 is 0 Å². The van der Waals surface area contributed by atoms with Crippen molar-refractivity contribution in [2.24, 2.45) is 0 Å². The molecule has 0 aliphatic heterocycles. The van der Waals surface area contributed by atoms with E-state index in [2.05, 4.69) is 55.2 Å². The molecule has 1 N–H and O–H groups in total. The molecule has 104 valence electrons. The standard InChI is InChI=1S/C9H10O.2C5H6/c1-2-5-8-6-3-4-7-9(8)10;2*1-2-4-5-3-1/h2-4,6-7,10H,1,5H2;2*1-4H,5H2. The van der Waals surface area contributed by atoms with Gasteiger partial charge in [0, 0.05) is 0 Å². The zero-order valence-electron chi connectivity index (χ0n) is 11.8. The van der Waals surface area contributed by atoms with Crippen LogP contribution in [-0.4, -0.2) is 5.11 Å². The molecule has 0 spiro atoms. The minimum absolute atomic E-state index is 0.349. The van der Waals surface area contributed by atoms with Crippen LogP contribution in [0.15, 0.2) is 85.5 Å². The molecule has 20 heavy (non-hydrogen) atoms. The van der Waals surface area contributed by atoms with Gasteiger partial charge in [0.1, 0.15) is 5.75 Å². The van der Waals surface area contributed by atoms with Crippen LogP contribution in [0.4, 0.5) is 0 Å². The highest BCUT2D eigenvalue weighted by Gasteiger charge is 1.93. The van der Waals surface area contributed by atoms with Crippen molar-refractivity contribution in [3.05, 3.63) is 91.1 Å². The Kier molecular flexibility index (Phi) is 8.38. The van der Waals surface area contributed by atoms with E-state index in [1.807, 2.05) is 18.2 Å². The Bertz CT molecular complexity index is 462. The molecule has 3 rings (SSSR count). The zero-order chi connectivity index (χ0) is 14.5. The fraction of sp³-hybridized carbons (Fsp3) is 0.158. The first-order chi connectivity index (χ1) is 9.84. The Morgan fingerprint density at radius 2 is 1.40 bits per heavy atom. The maximum absolute atomic E-state index is 9.19. The van der Waals surface area contributed by atoms with E-state index in [0.29, 0.717) is 5.75 Å². The highest BCUT2D eigenvalue weighted by Crippen LogP contribution is 2.15. The first kappa shape index (κ1) is 15.8. The second kappa shape index (κ2) is 10.6. The predicted octanol–water partition coefficient (Wildman–Crippen LogP) is 5.13. The summed E-state index contributed by atoms with van der Waals surface area (Å²) in [5, 5.41) is 9.19. The van der Waals surface area contributed by atoms with Gasteiger partial charge in [0.2, 0.25) is 0 Å². The number of aromatic hydroxyl groups is 1. The molecule has 1 aromatic carbocycles. The average molecular weight is 266 g/mol. The molecule has 0 aromatic heterocycles. The number of hydrogen-bond acceptors (Lipinski definition) is 1. The minimum Gasteiger partial charge on any atom is -0.508 e. The van der Waals surface area contributed by atoms with Gasteiger partial charge in [0.05, 0.1) is 0 Å². The van der Waals surface area contributed by atoms with E-state index in [0.717, 1.165) is 24.8 Å². The average Bonchev–Trinajstić information content (AvgIpc) is 3.20. The second-order valence-corrected chi connectivity index (χ2v) is 4.31. The lowest BCUT2D eigenvalue weighted by molar-refractivity contribution is 0.470. The van der Waals surface area contributed by atoms with Gasteiger partial charge in [-0.05, 0) is 30.9 Å². The van der Waals surface area contributed by atoms with Crippen LogP contribution < -0.4 is 0 Å². The molecule has 0 fully saturated rings. The number of para-hydroxylation sites is 1. The van der Waals surface area contributed by atoms with Crippen LogP contribution in [0.3, 0.4) is 0 Å². The van der Waals surface area contributed by atoms with Crippen molar-refractivity contribution in [1.82, 2.24) is 0 Å². The van der Waals surface area contributed by atoms with Crippen molar-refractivity contribution in [1.29, 1.82) is 0 Å².